The molecule has 0 atom stereocenters. The Morgan fingerprint density at radius 1 is 0.929 bits per heavy atom. The van der Waals surface area contributed by atoms with Crippen LogP contribution in [0.15, 0.2) is 66.7 Å². The zero-order valence-corrected chi connectivity index (χ0v) is 15.6. The third-order valence-corrected chi connectivity index (χ3v) is 4.43. The number of anilines is 4. The first-order valence-electron chi connectivity index (χ1n) is 8.87. The van der Waals surface area contributed by atoms with Crippen molar-refractivity contribution in [2.45, 2.75) is 0 Å². The Kier molecular flexibility index (Phi) is 4.53. The van der Waals surface area contributed by atoms with Gasteiger partial charge in [0.1, 0.15) is 17.5 Å². The Bertz CT molecular complexity index is 1160. The molecule has 0 spiro atoms. The van der Waals surface area contributed by atoms with Crippen molar-refractivity contribution in [1.29, 1.82) is 0 Å². The molecular weight excluding hydrogens is 353 g/mol. The first kappa shape index (κ1) is 17.7. The smallest absolute Gasteiger partial charge is 0.132 e. The second-order valence-corrected chi connectivity index (χ2v) is 6.74. The zero-order chi connectivity index (χ0) is 19.7. The second kappa shape index (κ2) is 7.15. The molecule has 6 heteroatoms. The SMILES string of the molecule is CN(C)c1cc(-c2cccc(F)c2)nc2ccc(Nc3cccc(N)n3)cc12. The molecule has 4 rings (SSSR count). The van der Waals surface area contributed by atoms with Crippen LogP contribution in [0.3, 0.4) is 0 Å². The number of hydrogen-bond donors (Lipinski definition) is 2. The third kappa shape index (κ3) is 3.57. The number of aromatic nitrogens is 2. The molecule has 0 aliphatic heterocycles. The molecule has 3 N–H and O–H groups in total. The molecule has 5 nitrogen and oxygen atoms in total. The summed E-state index contributed by atoms with van der Waals surface area (Å²) in [7, 11) is 3.95. The van der Waals surface area contributed by atoms with Gasteiger partial charge in [-0.25, -0.2) is 14.4 Å². The van der Waals surface area contributed by atoms with Gasteiger partial charge in [0.2, 0.25) is 0 Å². The molecular formula is C22H20FN5. The molecule has 0 radical (unpaired) electrons. The maximum atomic E-state index is 13.7. The van der Waals surface area contributed by atoms with Gasteiger partial charge in [-0.1, -0.05) is 18.2 Å². The number of nitrogens with two attached hydrogens (primary N) is 1. The minimum Gasteiger partial charge on any atom is -0.384 e. The van der Waals surface area contributed by atoms with Gasteiger partial charge in [-0.2, -0.15) is 0 Å². The number of nitrogen functional groups attached to an aromatic ring is 1. The van der Waals surface area contributed by atoms with Crippen molar-refractivity contribution < 1.29 is 4.39 Å². The lowest BCUT2D eigenvalue weighted by Crippen LogP contribution is -2.10. The fraction of sp³-hybridized carbons (Fsp3) is 0.0909. The number of nitrogens with zero attached hydrogens (tertiary/aromatic N) is 3. The van der Waals surface area contributed by atoms with Gasteiger partial charge < -0.3 is 16.0 Å². The van der Waals surface area contributed by atoms with Gasteiger partial charge in [-0.15, -0.1) is 0 Å². The van der Waals surface area contributed by atoms with E-state index in [-0.39, 0.29) is 5.82 Å². The number of fused-ring (bicyclic) bond motifs is 1. The summed E-state index contributed by atoms with van der Waals surface area (Å²) in [6, 6.07) is 19.8. The van der Waals surface area contributed by atoms with E-state index < -0.39 is 0 Å². The molecule has 0 bridgehead atoms. The van der Waals surface area contributed by atoms with Crippen LogP contribution >= 0.6 is 0 Å². The van der Waals surface area contributed by atoms with E-state index in [0.29, 0.717) is 11.6 Å². The highest BCUT2D eigenvalue weighted by atomic mass is 19.1. The van der Waals surface area contributed by atoms with E-state index in [4.69, 9.17) is 10.7 Å². The average molecular weight is 373 g/mol. The molecule has 0 aliphatic rings. The van der Waals surface area contributed by atoms with Gasteiger partial charge >= 0.3 is 0 Å². The van der Waals surface area contributed by atoms with E-state index >= 15 is 0 Å². The Balaban J connectivity index is 1.80. The molecule has 28 heavy (non-hydrogen) atoms. The van der Waals surface area contributed by atoms with Crippen LogP contribution in [0.5, 0.6) is 0 Å². The molecule has 4 aromatic rings. The predicted octanol–water partition coefficient (Wildman–Crippen LogP) is 4.83. The molecule has 0 saturated carbocycles. The Labute approximate surface area is 162 Å². The highest BCUT2D eigenvalue weighted by Gasteiger charge is 2.11. The molecule has 140 valence electrons. The molecule has 0 amide bonds. The van der Waals surface area contributed by atoms with Crippen LogP contribution in [-0.2, 0) is 0 Å². The van der Waals surface area contributed by atoms with Crippen molar-refractivity contribution in [3.8, 4) is 11.3 Å². The highest BCUT2D eigenvalue weighted by molar-refractivity contribution is 5.96. The second-order valence-electron chi connectivity index (χ2n) is 6.74. The summed E-state index contributed by atoms with van der Waals surface area (Å²) in [4.78, 5) is 11.0. The standard InChI is InChI=1S/C22H20FN5/c1-28(2)20-13-19(14-5-3-6-15(23)11-14)26-18-10-9-16(12-17(18)20)25-22-8-4-7-21(24)27-22/h3-13H,1-2H3,(H3,24,25,27). The van der Waals surface area contributed by atoms with E-state index in [1.54, 1.807) is 12.1 Å². The zero-order valence-electron chi connectivity index (χ0n) is 15.6. The number of hydrogen-bond acceptors (Lipinski definition) is 5. The van der Waals surface area contributed by atoms with Gasteiger partial charge in [-0.05, 0) is 48.5 Å². The molecule has 2 heterocycles. The van der Waals surface area contributed by atoms with Crippen LogP contribution in [0, 0.1) is 5.82 Å². The molecule has 0 unspecified atom stereocenters. The first-order valence-corrected chi connectivity index (χ1v) is 8.87. The van der Waals surface area contributed by atoms with Gasteiger partial charge in [0.15, 0.2) is 0 Å². The molecule has 2 aromatic heterocycles. The van der Waals surface area contributed by atoms with Crippen LogP contribution in [0.1, 0.15) is 0 Å². The lowest BCUT2D eigenvalue weighted by Gasteiger charge is -2.18. The van der Waals surface area contributed by atoms with Crippen LogP contribution in [0.2, 0.25) is 0 Å². The van der Waals surface area contributed by atoms with Gasteiger partial charge in [-0.3, -0.25) is 0 Å². The number of pyridine rings is 2. The average Bonchev–Trinajstić information content (AvgIpc) is 2.67. The van der Waals surface area contributed by atoms with Crippen LogP contribution in [0.4, 0.5) is 27.4 Å². The summed E-state index contributed by atoms with van der Waals surface area (Å²) >= 11 is 0. The number of benzene rings is 2. The largest absolute Gasteiger partial charge is 0.384 e. The van der Waals surface area contributed by atoms with Crippen molar-refractivity contribution in [3.05, 3.63) is 72.5 Å². The van der Waals surface area contributed by atoms with Gasteiger partial charge in [0.25, 0.3) is 0 Å². The number of halogens is 1. The molecule has 2 aromatic carbocycles. The lowest BCUT2D eigenvalue weighted by atomic mass is 10.1. The molecule has 0 aliphatic carbocycles. The van der Waals surface area contributed by atoms with E-state index in [0.717, 1.165) is 33.5 Å². The monoisotopic (exact) mass is 373 g/mol. The van der Waals surface area contributed by atoms with E-state index in [2.05, 4.69) is 10.3 Å². The maximum Gasteiger partial charge on any atom is 0.132 e. The number of nitrogens with one attached hydrogen (secondary N) is 1. The summed E-state index contributed by atoms with van der Waals surface area (Å²) in [6.45, 7) is 0. The topological polar surface area (TPSA) is 67.1 Å². The Morgan fingerprint density at radius 2 is 1.75 bits per heavy atom. The van der Waals surface area contributed by atoms with Gasteiger partial charge in [0, 0.05) is 36.4 Å². The van der Waals surface area contributed by atoms with E-state index in [9.17, 15) is 4.39 Å². The predicted molar refractivity (Wildman–Crippen MR) is 113 cm³/mol. The van der Waals surface area contributed by atoms with Crippen molar-refractivity contribution >= 4 is 33.9 Å². The maximum absolute atomic E-state index is 13.7. The summed E-state index contributed by atoms with van der Waals surface area (Å²) in [5.74, 6) is 0.858. The number of rotatable bonds is 4. The first-order chi connectivity index (χ1) is 13.5. The molecule has 0 fully saturated rings. The van der Waals surface area contributed by atoms with Crippen LogP contribution in [-0.4, -0.2) is 24.1 Å². The normalized spacial score (nSPS) is 10.8. The fourth-order valence-electron chi connectivity index (χ4n) is 3.12. The lowest BCUT2D eigenvalue weighted by molar-refractivity contribution is 0.628. The summed E-state index contributed by atoms with van der Waals surface area (Å²) in [5, 5.41) is 4.26. The summed E-state index contributed by atoms with van der Waals surface area (Å²) < 4.78 is 13.7. The summed E-state index contributed by atoms with van der Waals surface area (Å²) in [5.41, 5.74) is 9.94. The fourth-order valence-corrected chi connectivity index (χ4v) is 3.12. The summed E-state index contributed by atoms with van der Waals surface area (Å²) in [6.07, 6.45) is 0. The Morgan fingerprint density at radius 3 is 2.50 bits per heavy atom. The van der Waals surface area contributed by atoms with Crippen LogP contribution in [0.25, 0.3) is 22.2 Å². The Hall–Kier alpha value is -3.67. The van der Waals surface area contributed by atoms with Gasteiger partial charge in [0.05, 0.1) is 11.2 Å². The van der Waals surface area contributed by atoms with Crippen molar-refractivity contribution in [2.75, 3.05) is 30.0 Å². The molecule has 0 saturated heterocycles. The third-order valence-electron chi connectivity index (χ3n) is 4.43. The van der Waals surface area contributed by atoms with Crippen molar-refractivity contribution in [3.63, 3.8) is 0 Å². The van der Waals surface area contributed by atoms with Crippen LogP contribution < -0.4 is 16.0 Å². The van der Waals surface area contributed by atoms with E-state index in [1.807, 2.05) is 61.5 Å². The highest BCUT2D eigenvalue weighted by Crippen LogP contribution is 2.32. The quantitative estimate of drug-likeness (QED) is 0.536. The van der Waals surface area contributed by atoms with Crippen molar-refractivity contribution in [1.82, 2.24) is 9.97 Å². The minimum atomic E-state index is -0.278. The van der Waals surface area contributed by atoms with E-state index in [1.165, 1.54) is 12.1 Å². The minimum absolute atomic E-state index is 0.278. The van der Waals surface area contributed by atoms with Crippen molar-refractivity contribution in [2.24, 2.45) is 0 Å².